The lowest BCUT2D eigenvalue weighted by molar-refractivity contribution is 0.597. The number of hydrogen-bond donors (Lipinski definition) is 0. The minimum absolute atomic E-state index is 0.108. The molecule has 0 atom stereocenters. The highest BCUT2D eigenvalue weighted by Gasteiger charge is 2.11. The summed E-state index contributed by atoms with van der Waals surface area (Å²) in [5.41, 5.74) is 1.52. The van der Waals surface area contributed by atoms with Gasteiger partial charge < -0.3 is 0 Å². The summed E-state index contributed by atoms with van der Waals surface area (Å²) in [6, 6.07) is 6.76. The molecular formula is C12H14O2S. The van der Waals surface area contributed by atoms with Crippen LogP contribution in [0.1, 0.15) is 12.5 Å². The summed E-state index contributed by atoms with van der Waals surface area (Å²) in [5, 5.41) is 0. The van der Waals surface area contributed by atoms with Crippen LogP contribution in [0.25, 0.3) is 5.57 Å². The van der Waals surface area contributed by atoms with E-state index in [0.717, 1.165) is 11.1 Å². The van der Waals surface area contributed by atoms with E-state index >= 15 is 0 Å². The predicted octanol–water partition coefficient (Wildman–Crippen LogP) is 2.68. The van der Waals surface area contributed by atoms with Crippen molar-refractivity contribution in [2.24, 2.45) is 0 Å². The van der Waals surface area contributed by atoms with Crippen molar-refractivity contribution < 1.29 is 8.42 Å². The fourth-order valence-corrected chi connectivity index (χ4v) is 2.10. The highest BCUT2D eigenvalue weighted by atomic mass is 32.2. The molecule has 0 aromatic heterocycles. The average Bonchev–Trinajstić information content (AvgIpc) is 2.28. The molecule has 1 aromatic carbocycles. The lowest BCUT2D eigenvalue weighted by Crippen LogP contribution is -2.03. The lowest BCUT2D eigenvalue weighted by Gasteiger charge is -2.04. The summed E-state index contributed by atoms with van der Waals surface area (Å²) >= 11 is 0. The molecule has 0 N–H and O–H groups in total. The van der Waals surface area contributed by atoms with Gasteiger partial charge in [0.25, 0.3) is 0 Å². The summed E-state index contributed by atoms with van der Waals surface area (Å²) in [4.78, 5) is 0.338. The van der Waals surface area contributed by atoms with Gasteiger partial charge in [0.15, 0.2) is 9.84 Å². The normalized spacial score (nSPS) is 11.0. The van der Waals surface area contributed by atoms with Crippen molar-refractivity contribution in [2.45, 2.75) is 11.8 Å². The van der Waals surface area contributed by atoms with Gasteiger partial charge in [0, 0.05) is 0 Å². The van der Waals surface area contributed by atoms with Gasteiger partial charge in [-0.1, -0.05) is 38.3 Å². The standard InChI is InChI=1S/C12H14O2S/c1-4-10(3)11-7-6-8-12(9-11)15(13,14)5-2/h4,6-9H,1,3,5H2,2H3. The van der Waals surface area contributed by atoms with Crippen molar-refractivity contribution in [2.75, 3.05) is 5.75 Å². The highest BCUT2D eigenvalue weighted by molar-refractivity contribution is 7.91. The predicted molar refractivity (Wildman–Crippen MR) is 63.4 cm³/mol. The second kappa shape index (κ2) is 4.45. The molecule has 1 aromatic rings. The van der Waals surface area contributed by atoms with E-state index in [9.17, 15) is 8.42 Å². The Bertz CT molecular complexity index is 484. The minimum atomic E-state index is -3.14. The van der Waals surface area contributed by atoms with Crippen molar-refractivity contribution in [1.29, 1.82) is 0 Å². The molecule has 1 rings (SSSR count). The van der Waals surface area contributed by atoms with Gasteiger partial charge in [-0.05, 0) is 23.3 Å². The minimum Gasteiger partial charge on any atom is -0.224 e. The molecule has 80 valence electrons. The maximum Gasteiger partial charge on any atom is 0.178 e. The van der Waals surface area contributed by atoms with E-state index in [1.54, 1.807) is 31.2 Å². The van der Waals surface area contributed by atoms with Crippen LogP contribution < -0.4 is 0 Å². The van der Waals surface area contributed by atoms with Crippen LogP contribution in [0.15, 0.2) is 48.4 Å². The van der Waals surface area contributed by atoms with E-state index < -0.39 is 9.84 Å². The van der Waals surface area contributed by atoms with Gasteiger partial charge in [0.2, 0.25) is 0 Å². The topological polar surface area (TPSA) is 34.1 Å². The van der Waals surface area contributed by atoms with E-state index in [1.165, 1.54) is 0 Å². The van der Waals surface area contributed by atoms with Gasteiger partial charge >= 0.3 is 0 Å². The molecule has 0 bridgehead atoms. The molecule has 2 nitrogen and oxygen atoms in total. The van der Waals surface area contributed by atoms with Crippen molar-refractivity contribution in [1.82, 2.24) is 0 Å². The first-order valence-corrected chi connectivity index (χ1v) is 6.31. The zero-order valence-corrected chi connectivity index (χ0v) is 9.55. The molecule has 0 radical (unpaired) electrons. The Morgan fingerprint density at radius 1 is 1.47 bits per heavy atom. The maximum absolute atomic E-state index is 11.6. The van der Waals surface area contributed by atoms with E-state index in [1.807, 2.05) is 6.07 Å². The molecule has 0 aliphatic rings. The third-order valence-electron chi connectivity index (χ3n) is 2.19. The van der Waals surface area contributed by atoms with Crippen LogP contribution in [0.4, 0.5) is 0 Å². The van der Waals surface area contributed by atoms with Crippen LogP contribution in [0, 0.1) is 0 Å². The number of benzene rings is 1. The van der Waals surface area contributed by atoms with Crippen molar-refractivity contribution >= 4 is 15.4 Å². The maximum atomic E-state index is 11.6. The van der Waals surface area contributed by atoms with Gasteiger partial charge in [-0.2, -0.15) is 0 Å². The first-order chi connectivity index (χ1) is 7.01. The van der Waals surface area contributed by atoms with Crippen LogP contribution in [0.2, 0.25) is 0 Å². The molecular weight excluding hydrogens is 208 g/mol. The van der Waals surface area contributed by atoms with E-state index in [4.69, 9.17) is 0 Å². The Morgan fingerprint density at radius 3 is 2.67 bits per heavy atom. The fourth-order valence-electron chi connectivity index (χ4n) is 1.17. The average molecular weight is 222 g/mol. The molecule has 0 saturated heterocycles. The van der Waals surface area contributed by atoms with Gasteiger partial charge in [-0.3, -0.25) is 0 Å². The van der Waals surface area contributed by atoms with Gasteiger partial charge in [-0.25, -0.2) is 8.42 Å². The Hall–Kier alpha value is -1.35. The fraction of sp³-hybridized carbons (Fsp3) is 0.167. The van der Waals surface area contributed by atoms with Crippen LogP contribution in [-0.2, 0) is 9.84 Å². The highest BCUT2D eigenvalue weighted by Crippen LogP contribution is 2.18. The molecule has 0 saturated carbocycles. The molecule has 3 heteroatoms. The molecule has 0 unspecified atom stereocenters. The second-order valence-corrected chi connectivity index (χ2v) is 5.44. The molecule has 15 heavy (non-hydrogen) atoms. The molecule has 0 spiro atoms. The number of sulfone groups is 1. The third-order valence-corrected chi connectivity index (χ3v) is 3.92. The quantitative estimate of drug-likeness (QED) is 0.734. The van der Waals surface area contributed by atoms with Crippen molar-refractivity contribution in [3.63, 3.8) is 0 Å². The van der Waals surface area contributed by atoms with Crippen LogP contribution in [0.5, 0.6) is 0 Å². The van der Waals surface area contributed by atoms with Gasteiger partial charge in [-0.15, -0.1) is 0 Å². The van der Waals surface area contributed by atoms with Gasteiger partial charge in [0.1, 0.15) is 0 Å². The summed E-state index contributed by atoms with van der Waals surface area (Å²) in [5.74, 6) is 0.108. The zero-order valence-electron chi connectivity index (χ0n) is 8.73. The molecule has 0 heterocycles. The summed E-state index contributed by atoms with van der Waals surface area (Å²) in [7, 11) is -3.14. The summed E-state index contributed by atoms with van der Waals surface area (Å²) in [6.07, 6.45) is 1.61. The molecule has 0 amide bonds. The van der Waals surface area contributed by atoms with Crippen LogP contribution in [0.3, 0.4) is 0 Å². The Kier molecular flexibility index (Phi) is 3.48. The van der Waals surface area contributed by atoms with E-state index in [0.29, 0.717) is 4.90 Å². The third kappa shape index (κ3) is 2.57. The summed E-state index contributed by atoms with van der Waals surface area (Å²) in [6.45, 7) is 9.01. The number of hydrogen-bond acceptors (Lipinski definition) is 2. The van der Waals surface area contributed by atoms with Crippen LogP contribution in [-0.4, -0.2) is 14.2 Å². The monoisotopic (exact) mass is 222 g/mol. The second-order valence-electron chi connectivity index (χ2n) is 3.16. The smallest absolute Gasteiger partial charge is 0.178 e. The lowest BCUT2D eigenvalue weighted by atomic mass is 10.1. The molecule has 0 aliphatic heterocycles. The first-order valence-electron chi connectivity index (χ1n) is 4.66. The van der Waals surface area contributed by atoms with Gasteiger partial charge in [0.05, 0.1) is 10.6 Å². The van der Waals surface area contributed by atoms with E-state index in [2.05, 4.69) is 13.2 Å². The van der Waals surface area contributed by atoms with Crippen molar-refractivity contribution in [3.05, 3.63) is 49.1 Å². The Labute approximate surface area is 90.9 Å². The number of allylic oxidation sites excluding steroid dienone is 2. The summed E-state index contributed by atoms with van der Waals surface area (Å²) < 4.78 is 23.2. The largest absolute Gasteiger partial charge is 0.224 e. The SMILES string of the molecule is C=CC(=C)c1cccc(S(=O)(=O)CC)c1. The Morgan fingerprint density at radius 2 is 2.13 bits per heavy atom. The molecule has 0 aliphatic carbocycles. The van der Waals surface area contributed by atoms with Crippen molar-refractivity contribution in [3.8, 4) is 0 Å². The number of rotatable bonds is 4. The van der Waals surface area contributed by atoms with E-state index in [-0.39, 0.29) is 5.75 Å². The molecule has 0 fully saturated rings. The first kappa shape index (κ1) is 11.7. The Balaban J connectivity index is 3.25. The van der Waals surface area contributed by atoms with Crippen LogP contribution >= 0.6 is 0 Å². The zero-order chi connectivity index (χ0) is 11.5.